The molecule has 0 saturated carbocycles. The summed E-state index contributed by atoms with van der Waals surface area (Å²) in [5.41, 5.74) is 9.22. The number of halogens is 1. The fraction of sp³-hybridized carbons (Fsp3) is 0.597. The predicted molar refractivity (Wildman–Crippen MR) is 379 cm³/mol. The van der Waals surface area contributed by atoms with Crippen LogP contribution in [0.15, 0.2) is 66.1 Å². The molecule has 0 bridgehead atoms. The van der Waals surface area contributed by atoms with Crippen LogP contribution in [-0.4, -0.2) is 171 Å². The molecule has 3 heterocycles. The van der Waals surface area contributed by atoms with E-state index in [2.05, 4.69) is 44.3 Å². The number of thiazole rings is 1. The molecule has 0 aliphatic carbocycles. The average molecular weight is 1430 g/mol. The number of urea groups is 1. The number of primary amides is 1. The maximum Gasteiger partial charge on any atom is 0.429 e. The zero-order valence-corrected chi connectivity index (χ0v) is 60.9. The highest BCUT2D eigenvalue weighted by Gasteiger charge is 2.40. The summed E-state index contributed by atoms with van der Waals surface area (Å²) in [6, 6.07) is 6.24. The Morgan fingerprint density at radius 2 is 1.45 bits per heavy atom. The van der Waals surface area contributed by atoms with Gasteiger partial charge in [-0.05, 0) is 125 Å². The average Bonchev–Trinajstić information content (AvgIpc) is 1.81. The summed E-state index contributed by atoms with van der Waals surface area (Å²) >= 11 is 1.09. The second kappa shape index (κ2) is 41.9. The number of likely N-dealkylation sites (tertiary alicyclic amines) is 1. The van der Waals surface area contributed by atoms with Gasteiger partial charge in [-0.15, -0.1) is 11.3 Å². The first kappa shape index (κ1) is 83.0. The lowest BCUT2D eigenvalue weighted by molar-refractivity contribution is -0.150. The van der Waals surface area contributed by atoms with Gasteiger partial charge in [0.05, 0.1) is 6.04 Å². The SMILES string of the molecule is CCCCCCN(C(=O)[C@@H](NC(=O)[C@H]1CCCCN1C)[C@H](C)CC)[C@H](C[C@@H](OC(C)=O)c1nc(C(=O)N[C@@H](Cc2ccc(F)cc2)C[C@H](C)C(=O)N(NCc2ccc(NC(=O)[C@H](CCCNC(N)=O)NC(=O)[C@@H](NC(=O)CCCCCN3C(=O)C=CC3=O)C(C)C)cc2)C(=O)O)cs1)C(C)C. The summed E-state index contributed by atoms with van der Waals surface area (Å²) in [7, 11) is 1.93. The third-order valence-electron chi connectivity index (χ3n) is 18.3. The van der Waals surface area contributed by atoms with Crippen LogP contribution < -0.4 is 43.1 Å². The highest BCUT2D eigenvalue weighted by Crippen LogP contribution is 2.33. The largest absolute Gasteiger partial charge is 0.464 e. The third kappa shape index (κ3) is 27.0. The van der Waals surface area contributed by atoms with Crippen molar-refractivity contribution in [1.82, 2.24) is 56.7 Å². The first-order valence-electron chi connectivity index (χ1n) is 35.4. The Morgan fingerprint density at radius 3 is 2.06 bits per heavy atom. The van der Waals surface area contributed by atoms with E-state index < -0.39 is 102 Å². The molecule has 556 valence electrons. The number of anilines is 1. The zero-order chi connectivity index (χ0) is 74.5. The van der Waals surface area contributed by atoms with Gasteiger partial charge >= 0.3 is 18.1 Å². The molecule has 29 heteroatoms. The fourth-order valence-corrected chi connectivity index (χ4v) is 13.1. The Hall–Kier alpha value is -8.70. The van der Waals surface area contributed by atoms with E-state index in [1.807, 2.05) is 44.5 Å². The normalized spacial score (nSPS) is 16.2. The number of likely N-dealkylation sites (N-methyl/N-ethyl adjacent to an activating group) is 1. The number of esters is 1. The number of hydrazine groups is 1. The topological polar surface area (TPSA) is 370 Å². The molecule has 101 heavy (non-hydrogen) atoms. The molecule has 1 aromatic heterocycles. The lowest BCUT2D eigenvalue weighted by Crippen LogP contribution is -2.59. The Labute approximate surface area is 596 Å². The van der Waals surface area contributed by atoms with Crippen LogP contribution in [0.25, 0.3) is 0 Å². The molecule has 5 rings (SSSR count). The quantitative estimate of drug-likeness (QED) is 0.0113. The van der Waals surface area contributed by atoms with Crippen LogP contribution >= 0.6 is 11.3 Å². The number of amides is 12. The minimum atomic E-state index is -1.63. The number of rotatable bonds is 42. The van der Waals surface area contributed by atoms with Crippen LogP contribution in [0.4, 0.5) is 19.7 Å². The Balaban J connectivity index is 1.27. The summed E-state index contributed by atoms with van der Waals surface area (Å²) < 4.78 is 20.2. The van der Waals surface area contributed by atoms with Gasteiger partial charge < -0.3 is 52.4 Å². The monoisotopic (exact) mass is 1430 g/mol. The number of imide groups is 2. The van der Waals surface area contributed by atoms with Crippen molar-refractivity contribution in [3.05, 3.63) is 93.7 Å². The number of nitrogens with one attached hydrogen (secondary N) is 7. The molecule has 0 unspecified atom stereocenters. The van der Waals surface area contributed by atoms with E-state index in [9.17, 15) is 62.2 Å². The van der Waals surface area contributed by atoms with E-state index in [4.69, 9.17) is 15.5 Å². The van der Waals surface area contributed by atoms with Crippen molar-refractivity contribution in [2.24, 2.45) is 29.4 Å². The van der Waals surface area contributed by atoms with E-state index in [-0.39, 0.29) is 116 Å². The number of nitrogens with two attached hydrogens (primary N) is 1. The van der Waals surface area contributed by atoms with Gasteiger partial charge in [0.2, 0.25) is 35.4 Å². The predicted octanol–water partition coefficient (Wildman–Crippen LogP) is 7.80. The molecule has 0 spiro atoms. The number of aromatic nitrogens is 1. The number of carboxylic acid groups (broad SMARTS) is 1. The number of piperidine rings is 1. The number of hydrogen-bond donors (Lipinski definition) is 9. The summed E-state index contributed by atoms with van der Waals surface area (Å²) in [5, 5.41) is 29.4. The number of ether oxygens (including phenoxy) is 1. The fourth-order valence-electron chi connectivity index (χ4n) is 12.2. The molecule has 2 aliphatic heterocycles. The Morgan fingerprint density at radius 1 is 0.772 bits per heavy atom. The van der Waals surface area contributed by atoms with Crippen LogP contribution in [0.1, 0.15) is 198 Å². The number of unbranched alkanes of at least 4 members (excludes halogenated alkanes) is 5. The number of hydrogen-bond acceptors (Lipinski definition) is 17. The maximum absolute atomic E-state index is 15.1. The number of nitrogens with zero attached hydrogens (tertiary/aromatic N) is 5. The van der Waals surface area contributed by atoms with Gasteiger partial charge in [0.25, 0.3) is 17.7 Å². The second-order valence-electron chi connectivity index (χ2n) is 27.0. The molecular formula is C72H106FN13O14S. The lowest BCUT2D eigenvalue weighted by atomic mass is 9.91. The van der Waals surface area contributed by atoms with E-state index >= 15 is 4.79 Å². The molecule has 2 aromatic carbocycles. The molecule has 1 saturated heterocycles. The van der Waals surface area contributed by atoms with Gasteiger partial charge in [0.15, 0.2) is 6.10 Å². The molecule has 9 atom stereocenters. The molecule has 1 fully saturated rings. The standard InChI is InChI=1S/C72H106FN13O14S/c1-11-13-14-18-37-84(70(96)63(46(7)12-2)82-66(93)56-23-17-20-36-83(56)10)57(44(3)4)41-58(100-48(9)87)68-80-55(43-101-68)65(92)78-53(40-49-25-29-51(73)30-26-49)39-47(8)69(95)86(72(98)99)76-42-50-27-31-52(32-28-50)77-64(91)54(22-21-35-75-71(74)97)79-67(94)62(45(5)6)81-59(88)24-16-15-19-38-85-60(89)33-34-61(85)90/h25-34,43-47,53-54,56-58,62-63,76H,11-24,35-42H2,1-10H3,(H,77,91)(H,78,92)(H,79,94)(H,81,88)(H,82,93)(H,98,99)(H3,74,75,97)/t46-,47+,53-,54+,56-,57-,58-,62+,63+/m1/s1. The molecular weight excluding hydrogens is 1320 g/mol. The first-order valence-corrected chi connectivity index (χ1v) is 36.3. The molecule has 0 radical (unpaired) electrons. The summed E-state index contributed by atoms with van der Waals surface area (Å²) in [6.07, 6.45) is 8.39. The summed E-state index contributed by atoms with van der Waals surface area (Å²) in [5.74, 6) is -7.33. The van der Waals surface area contributed by atoms with Crippen LogP contribution in [0, 0.1) is 29.5 Å². The summed E-state index contributed by atoms with van der Waals surface area (Å²) in [6.45, 7) is 17.5. The summed E-state index contributed by atoms with van der Waals surface area (Å²) in [4.78, 5) is 169. The van der Waals surface area contributed by atoms with Gasteiger partial charge in [0, 0.05) is 87.2 Å². The van der Waals surface area contributed by atoms with E-state index in [1.54, 1.807) is 26.0 Å². The smallest absolute Gasteiger partial charge is 0.429 e. The molecule has 10 N–H and O–H groups in total. The van der Waals surface area contributed by atoms with Gasteiger partial charge in [-0.3, -0.25) is 57.7 Å². The van der Waals surface area contributed by atoms with Crippen molar-refractivity contribution in [1.29, 1.82) is 0 Å². The van der Waals surface area contributed by atoms with Crippen molar-refractivity contribution in [2.75, 3.05) is 38.5 Å². The second-order valence-corrected chi connectivity index (χ2v) is 27.9. The number of carbonyl (C=O) groups is 12. The van der Waals surface area contributed by atoms with Gasteiger partial charge in [0.1, 0.15) is 34.6 Å². The van der Waals surface area contributed by atoms with E-state index in [0.29, 0.717) is 61.2 Å². The third-order valence-corrected chi connectivity index (χ3v) is 19.2. The van der Waals surface area contributed by atoms with Crippen molar-refractivity contribution < 1.29 is 71.8 Å². The van der Waals surface area contributed by atoms with Crippen LogP contribution in [-0.2, 0) is 60.9 Å². The highest BCUT2D eigenvalue weighted by atomic mass is 32.1. The van der Waals surface area contributed by atoms with Gasteiger partial charge in [-0.2, -0.15) is 5.01 Å². The molecule has 2 aliphatic rings. The minimum Gasteiger partial charge on any atom is -0.464 e. The molecule has 12 amide bonds. The van der Waals surface area contributed by atoms with E-state index in [0.717, 1.165) is 54.9 Å². The molecule has 27 nitrogen and oxygen atoms in total. The Kier molecular flexibility index (Phi) is 34.4. The molecule has 3 aromatic rings. The van der Waals surface area contributed by atoms with Crippen molar-refractivity contribution in [2.45, 2.75) is 220 Å². The maximum atomic E-state index is 15.1. The first-order chi connectivity index (χ1) is 48.0. The van der Waals surface area contributed by atoms with E-state index in [1.165, 1.54) is 67.8 Å². The van der Waals surface area contributed by atoms with Gasteiger partial charge in [-0.1, -0.05) is 118 Å². The lowest BCUT2D eigenvalue weighted by Gasteiger charge is -2.40. The van der Waals surface area contributed by atoms with Crippen LogP contribution in [0.5, 0.6) is 0 Å². The highest BCUT2D eigenvalue weighted by molar-refractivity contribution is 7.09. The van der Waals surface area contributed by atoms with Crippen LogP contribution in [0.2, 0.25) is 0 Å². The number of benzene rings is 2. The number of carbonyl (C=O) groups excluding carboxylic acids is 11. The van der Waals surface area contributed by atoms with Crippen LogP contribution in [0.3, 0.4) is 0 Å². The van der Waals surface area contributed by atoms with Gasteiger partial charge in [-0.25, -0.2) is 24.4 Å². The van der Waals surface area contributed by atoms with Crippen molar-refractivity contribution in [3.63, 3.8) is 0 Å². The van der Waals surface area contributed by atoms with Crippen molar-refractivity contribution in [3.8, 4) is 0 Å². The zero-order valence-electron chi connectivity index (χ0n) is 60.1. The minimum absolute atomic E-state index is 0.0433. The Bertz CT molecular complexity index is 3300. The van der Waals surface area contributed by atoms with Crippen molar-refractivity contribution >= 4 is 88.3 Å².